The van der Waals surface area contributed by atoms with Gasteiger partial charge in [0.15, 0.2) is 0 Å². The molecule has 3 N–H and O–H groups in total. The number of pyridine rings is 1. The smallest absolute Gasteiger partial charge is 0.149 e. The summed E-state index contributed by atoms with van der Waals surface area (Å²) in [5.74, 6) is 0.654. The van der Waals surface area contributed by atoms with Gasteiger partial charge in [0.25, 0.3) is 0 Å². The zero-order valence-electron chi connectivity index (χ0n) is 10.9. The van der Waals surface area contributed by atoms with Crippen LogP contribution in [-0.2, 0) is 4.74 Å². The van der Waals surface area contributed by atoms with Crippen LogP contribution in [0.3, 0.4) is 0 Å². The van der Waals surface area contributed by atoms with Crippen molar-refractivity contribution in [2.75, 3.05) is 50.4 Å². The van der Waals surface area contributed by atoms with Crippen molar-refractivity contribution in [1.29, 1.82) is 5.26 Å². The van der Waals surface area contributed by atoms with Crippen LogP contribution in [0.4, 0.5) is 11.5 Å². The fourth-order valence-corrected chi connectivity index (χ4v) is 2.02. The molecular formula is C13H19N5O. The van der Waals surface area contributed by atoms with Gasteiger partial charge in [-0.25, -0.2) is 4.98 Å². The second-order valence-electron chi connectivity index (χ2n) is 4.51. The molecule has 0 radical (unpaired) electrons. The third kappa shape index (κ3) is 4.09. The fraction of sp³-hybridized carbons (Fsp3) is 0.538. The molecule has 1 saturated heterocycles. The molecule has 0 unspecified atom stereocenters. The third-order valence-corrected chi connectivity index (χ3v) is 3.09. The van der Waals surface area contributed by atoms with Crippen LogP contribution in [-0.4, -0.2) is 49.3 Å². The molecule has 6 heteroatoms. The number of nitrogens with two attached hydrogens (primary N) is 1. The second kappa shape index (κ2) is 6.92. The standard InChI is InChI=1S/C13H19N5O/c14-9-11-8-12(15)13(17-10-11)16-2-1-3-18-4-6-19-7-5-18/h8,10H,1-7,15H2,(H,16,17). The summed E-state index contributed by atoms with van der Waals surface area (Å²) in [6.07, 6.45) is 2.56. The zero-order chi connectivity index (χ0) is 13.5. The van der Waals surface area contributed by atoms with Crippen LogP contribution in [0.15, 0.2) is 12.3 Å². The lowest BCUT2D eigenvalue weighted by Crippen LogP contribution is -2.37. The largest absolute Gasteiger partial charge is 0.396 e. The summed E-state index contributed by atoms with van der Waals surface area (Å²) in [7, 11) is 0. The molecule has 0 atom stereocenters. The van der Waals surface area contributed by atoms with E-state index in [1.165, 1.54) is 6.20 Å². The fourth-order valence-electron chi connectivity index (χ4n) is 2.02. The number of nitriles is 1. The van der Waals surface area contributed by atoms with E-state index in [0.29, 0.717) is 17.1 Å². The lowest BCUT2D eigenvalue weighted by Gasteiger charge is -2.26. The van der Waals surface area contributed by atoms with E-state index in [9.17, 15) is 0 Å². The predicted molar refractivity (Wildman–Crippen MR) is 73.7 cm³/mol. The zero-order valence-corrected chi connectivity index (χ0v) is 10.9. The van der Waals surface area contributed by atoms with Crippen molar-refractivity contribution >= 4 is 11.5 Å². The van der Waals surface area contributed by atoms with Crippen molar-refractivity contribution < 1.29 is 4.74 Å². The molecule has 0 saturated carbocycles. The highest BCUT2D eigenvalue weighted by molar-refractivity contribution is 5.62. The van der Waals surface area contributed by atoms with Crippen molar-refractivity contribution in [3.63, 3.8) is 0 Å². The number of hydrogen-bond acceptors (Lipinski definition) is 6. The Kier molecular flexibility index (Phi) is 4.95. The molecular weight excluding hydrogens is 242 g/mol. The molecule has 6 nitrogen and oxygen atoms in total. The number of hydrogen-bond donors (Lipinski definition) is 2. The number of rotatable bonds is 5. The number of nitrogens with one attached hydrogen (secondary N) is 1. The Hall–Kier alpha value is -1.84. The van der Waals surface area contributed by atoms with Crippen molar-refractivity contribution in [3.05, 3.63) is 17.8 Å². The van der Waals surface area contributed by atoms with Crippen LogP contribution < -0.4 is 11.1 Å². The molecule has 2 rings (SSSR count). The molecule has 0 spiro atoms. The first kappa shape index (κ1) is 13.6. The Morgan fingerprint density at radius 2 is 2.26 bits per heavy atom. The van der Waals surface area contributed by atoms with Gasteiger partial charge in [0.2, 0.25) is 0 Å². The Bertz CT molecular complexity index is 451. The molecule has 0 bridgehead atoms. The average Bonchev–Trinajstić information content (AvgIpc) is 2.46. The van der Waals surface area contributed by atoms with E-state index >= 15 is 0 Å². The topological polar surface area (TPSA) is 87.2 Å². The molecule has 0 aliphatic carbocycles. The van der Waals surface area contributed by atoms with E-state index in [-0.39, 0.29) is 0 Å². The summed E-state index contributed by atoms with van der Waals surface area (Å²) in [6, 6.07) is 3.65. The first-order chi connectivity index (χ1) is 9.29. The first-order valence-corrected chi connectivity index (χ1v) is 6.49. The number of aromatic nitrogens is 1. The van der Waals surface area contributed by atoms with Gasteiger partial charge in [0, 0.05) is 25.8 Å². The second-order valence-corrected chi connectivity index (χ2v) is 4.51. The molecule has 0 amide bonds. The normalized spacial score (nSPS) is 15.9. The van der Waals surface area contributed by atoms with Crippen LogP contribution in [0, 0.1) is 11.3 Å². The Labute approximate surface area is 113 Å². The molecule has 19 heavy (non-hydrogen) atoms. The minimum Gasteiger partial charge on any atom is -0.396 e. The van der Waals surface area contributed by atoms with E-state index in [2.05, 4.69) is 15.2 Å². The maximum atomic E-state index is 8.73. The van der Waals surface area contributed by atoms with Gasteiger partial charge in [-0.3, -0.25) is 4.90 Å². The van der Waals surface area contributed by atoms with Gasteiger partial charge in [-0.2, -0.15) is 5.26 Å². The number of morpholine rings is 1. The Balaban J connectivity index is 1.72. The first-order valence-electron chi connectivity index (χ1n) is 6.49. The summed E-state index contributed by atoms with van der Waals surface area (Å²) in [4.78, 5) is 6.53. The lowest BCUT2D eigenvalue weighted by atomic mass is 10.2. The van der Waals surface area contributed by atoms with Gasteiger partial charge in [0.05, 0.1) is 24.5 Å². The van der Waals surface area contributed by atoms with Gasteiger partial charge in [0.1, 0.15) is 11.9 Å². The van der Waals surface area contributed by atoms with Crippen LogP contribution in [0.25, 0.3) is 0 Å². The summed E-state index contributed by atoms with van der Waals surface area (Å²) in [6.45, 7) is 5.55. The van der Waals surface area contributed by atoms with Gasteiger partial charge in [-0.15, -0.1) is 0 Å². The van der Waals surface area contributed by atoms with Crippen molar-refractivity contribution in [2.45, 2.75) is 6.42 Å². The molecule has 102 valence electrons. The monoisotopic (exact) mass is 261 g/mol. The third-order valence-electron chi connectivity index (χ3n) is 3.09. The number of nitrogens with zero attached hydrogens (tertiary/aromatic N) is 3. The molecule has 1 aromatic rings. The van der Waals surface area contributed by atoms with E-state index in [1.807, 2.05) is 6.07 Å². The van der Waals surface area contributed by atoms with Crippen molar-refractivity contribution in [3.8, 4) is 6.07 Å². The summed E-state index contributed by atoms with van der Waals surface area (Å²) in [5.41, 5.74) is 6.82. The number of ether oxygens (including phenoxy) is 1. The van der Waals surface area contributed by atoms with Gasteiger partial charge in [-0.1, -0.05) is 0 Å². The number of nitrogen functional groups attached to an aromatic ring is 1. The minimum absolute atomic E-state index is 0.483. The highest BCUT2D eigenvalue weighted by Crippen LogP contribution is 2.15. The van der Waals surface area contributed by atoms with Crippen LogP contribution in [0.1, 0.15) is 12.0 Å². The molecule has 1 fully saturated rings. The van der Waals surface area contributed by atoms with Gasteiger partial charge >= 0.3 is 0 Å². The van der Waals surface area contributed by atoms with Crippen LogP contribution in [0.2, 0.25) is 0 Å². The summed E-state index contributed by atoms with van der Waals surface area (Å²) < 4.78 is 5.30. The Morgan fingerprint density at radius 3 is 2.95 bits per heavy atom. The maximum Gasteiger partial charge on any atom is 0.149 e. The van der Waals surface area contributed by atoms with Crippen molar-refractivity contribution in [2.24, 2.45) is 0 Å². The summed E-state index contributed by atoms with van der Waals surface area (Å²) in [5, 5.41) is 11.9. The van der Waals surface area contributed by atoms with E-state index in [4.69, 9.17) is 15.7 Å². The van der Waals surface area contributed by atoms with Gasteiger partial charge < -0.3 is 15.8 Å². The molecule has 2 heterocycles. The average molecular weight is 261 g/mol. The molecule has 0 aromatic carbocycles. The minimum atomic E-state index is 0.483. The summed E-state index contributed by atoms with van der Waals surface area (Å²) >= 11 is 0. The van der Waals surface area contributed by atoms with E-state index in [0.717, 1.165) is 45.8 Å². The molecule has 1 aliphatic heterocycles. The SMILES string of the molecule is N#Cc1cnc(NCCCN2CCOCC2)c(N)c1. The van der Waals surface area contributed by atoms with Crippen LogP contribution in [0.5, 0.6) is 0 Å². The van der Waals surface area contributed by atoms with E-state index < -0.39 is 0 Å². The molecule has 1 aromatic heterocycles. The van der Waals surface area contributed by atoms with Crippen LogP contribution >= 0.6 is 0 Å². The Morgan fingerprint density at radius 1 is 1.47 bits per heavy atom. The quantitative estimate of drug-likeness (QED) is 0.757. The number of anilines is 2. The lowest BCUT2D eigenvalue weighted by molar-refractivity contribution is 0.0378. The highest BCUT2D eigenvalue weighted by Gasteiger charge is 2.09. The highest BCUT2D eigenvalue weighted by atomic mass is 16.5. The molecule has 1 aliphatic rings. The van der Waals surface area contributed by atoms with Crippen molar-refractivity contribution in [1.82, 2.24) is 9.88 Å². The predicted octanol–water partition coefficient (Wildman–Crippen LogP) is 0.670. The maximum absolute atomic E-state index is 8.73. The van der Waals surface area contributed by atoms with Gasteiger partial charge in [-0.05, 0) is 19.0 Å². The van der Waals surface area contributed by atoms with E-state index in [1.54, 1.807) is 6.07 Å².